The van der Waals surface area contributed by atoms with E-state index >= 15 is 0 Å². The predicted molar refractivity (Wildman–Crippen MR) is 76.1 cm³/mol. The molecule has 4 nitrogen and oxygen atoms in total. The standard InChI is InChI=1S/C17H23NO3/c18-11-17(13-9-6-10-14(19)15(13)17)16(20)21-12-7-4-2-1-3-5-8-12/h12-13,15H,1-10H2/t13-,15-,17+/m0/s1. The highest BCUT2D eigenvalue weighted by Gasteiger charge is 2.74. The molecule has 3 aliphatic rings. The lowest BCUT2D eigenvalue weighted by Gasteiger charge is -2.21. The third-order valence-corrected chi connectivity index (χ3v) is 5.50. The van der Waals surface area contributed by atoms with E-state index in [2.05, 4.69) is 6.07 Å². The Morgan fingerprint density at radius 3 is 2.38 bits per heavy atom. The summed E-state index contributed by atoms with van der Waals surface area (Å²) in [6.45, 7) is 0. The molecule has 3 saturated carbocycles. The van der Waals surface area contributed by atoms with Gasteiger partial charge in [-0.3, -0.25) is 9.59 Å². The van der Waals surface area contributed by atoms with E-state index < -0.39 is 11.4 Å². The van der Waals surface area contributed by atoms with E-state index in [1.807, 2.05) is 0 Å². The Labute approximate surface area is 125 Å². The van der Waals surface area contributed by atoms with Gasteiger partial charge < -0.3 is 4.74 Å². The molecule has 3 aliphatic carbocycles. The lowest BCUT2D eigenvalue weighted by molar-refractivity contribution is -0.156. The van der Waals surface area contributed by atoms with Gasteiger partial charge in [0.2, 0.25) is 0 Å². The first-order chi connectivity index (χ1) is 10.2. The predicted octanol–water partition coefficient (Wildman–Crippen LogP) is 3.15. The molecule has 0 aromatic rings. The van der Waals surface area contributed by atoms with Gasteiger partial charge in [-0.25, -0.2) is 0 Å². The summed E-state index contributed by atoms with van der Waals surface area (Å²) in [5.74, 6) is -0.787. The smallest absolute Gasteiger partial charge is 0.327 e. The van der Waals surface area contributed by atoms with Crippen LogP contribution in [-0.4, -0.2) is 17.9 Å². The largest absolute Gasteiger partial charge is 0.461 e. The van der Waals surface area contributed by atoms with Crippen molar-refractivity contribution < 1.29 is 14.3 Å². The number of esters is 1. The fourth-order valence-electron chi connectivity index (χ4n) is 4.25. The van der Waals surface area contributed by atoms with E-state index in [0.29, 0.717) is 6.42 Å². The van der Waals surface area contributed by atoms with E-state index in [9.17, 15) is 14.9 Å². The second-order valence-electron chi connectivity index (χ2n) is 6.80. The molecule has 3 rings (SSSR count). The Kier molecular flexibility index (Phi) is 4.01. The first kappa shape index (κ1) is 14.6. The van der Waals surface area contributed by atoms with E-state index in [1.165, 1.54) is 19.3 Å². The normalized spacial score (nSPS) is 36.8. The third kappa shape index (κ3) is 2.47. The summed E-state index contributed by atoms with van der Waals surface area (Å²) in [6.07, 6.45) is 9.70. The summed E-state index contributed by atoms with van der Waals surface area (Å²) in [5.41, 5.74) is -1.14. The van der Waals surface area contributed by atoms with E-state index in [-0.39, 0.29) is 23.7 Å². The Morgan fingerprint density at radius 2 is 1.76 bits per heavy atom. The van der Waals surface area contributed by atoms with Gasteiger partial charge in [0.15, 0.2) is 5.41 Å². The number of hydrogen-bond donors (Lipinski definition) is 0. The molecule has 0 N–H and O–H groups in total. The fraction of sp³-hybridized carbons (Fsp3) is 0.824. The number of Topliss-reactive ketones (excluding diaryl/α,β-unsaturated/α-hetero) is 1. The second kappa shape index (κ2) is 5.79. The van der Waals surface area contributed by atoms with Gasteiger partial charge in [0.05, 0.1) is 12.0 Å². The van der Waals surface area contributed by atoms with Gasteiger partial charge in [0, 0.05) is 12.3 Å². The van der Waals surface area contributed by atoms with Crippen LogP contribution in [0.1, 0.15) is 64.2 Å². The van der Waals surface area contributed by atoms with Crippen LogP contribution in [0.15, 0.2) is 0 Å². The first-order valence-electron chi connectivity index (χ1n) is 8.35. The van der Waals surface area contributed by atoms with Crippen molar-refractivity contribution in [3.05, 3.63) is 0 Å². The van der Waals surface area contributed by atoms with E-state index in [0.717, 1.165) is 38.5 Å². The zero-order valence-corrected chi connectivity index (χ0v) is 12.5. The SMILES string of the molecule is N#C[C@]1(C(=O)OC2CCCCCCC2)[C@@H]2C(=O)CCC[C@@H]21. The van der Waals surface area contributed by atoms with Crippen LogP contribution < -0.4 is 0 Å². The molecular weight excluding hydrogens is 266 g/mol. The van der Waals surface area contributed by atoms with Gasteiger partial charge >= 0.3 is 5.97 Å². The molecule has 0 aliphatic heterocycles. The Balaban J connectivity index is 1.66. The van der Waals surface area contributed by atoms with Crippen molar-refractivity contribution in [1.29, 1.82) is 5.26 Å². The van der Waals surface area contributed by atoms with Crippen LogP contribution in [0.5, 0.6) is 0 Å². The summed E-state index contributed by atoms with van der Waals surface area (Å²) in [7, 11) is 0. The molecule has 3 atom stereocenters. The van der Waals surface area contributed by atoms with Crippen LogP contribution in [0.4, 0.5) is 0 Å². The fourth-order valence-corrected chi connectivity index (χ4v) is 4.25. The molecule has 0 aromatic carbocycles. The number of rotatable bonds is 2. The minimum atomic E-state index is -1.14. The molecule has 0 aromatic heterocycles. The van der Waals surface area contributed by atoms with Gasteiger partial charge in [-0.1, -0.05) is 19.3 Å². The van der Waals surface area contributed by atoms with Crippen molar-refractivity contribution in [1.82, 2.24) is 0 Å². The number of ether oxygens (including phenoxy) is 1. The quantitative estimate of drug-likeness (QED) is 0.732. The topological polar surface area (TPSA) is 67.2 Å². The van der Waals surface area contributed by atoms with Crippen molar-refractivity contribution in [2.75, 3.05) is 0 Å². The second-order valence-corrected chi connectivity index (χ2v) is 6.80. The molecule has 21 heavy (non-hydrogen) atoms. The highest BCUT2D eigenvalue weighted by molar-refractivity contribution is 5.98. The van der Waals surface area contributed by atoms with Crippen LogP contribution in [-0.2, 0) is 14.3 Å². The first-order valence-corrected chi connectivity index (χ1v) is 8.35. The maximum atomic E-state index is 12.5. The number of nitriles is 1. The number of ketones is 1. The van der Waals surface area contributed by atoms with Gasteiger partial charge in [0.1, 0.15) is 11.9 Å². The van der Waals surface area contributed by atoms with Crippen LogP contribution in [0, 0.1) is 28.6 Å². The Hall–Kier alpha value is -1.37. The summed E-state index contributed by atoms with van der Waals surface area (Å²) in [6, 6.07) is 2.15. The Morgan fingerprint density at radius 1 is 1.10 bits per heavy atom. The minimum absolute atomic E-state index is 0.0548. The monoisotopic (exact) mass is 289 g/mol. The third-order valence-electron chi connectivity index (χ3n) is 5.50. The maximum absolute atomic E-state index is 12.5. The van der Waals surface area contributed by atoms with Crippen LogP contribution in [0.3, 0.4) is 0 Å². The number of nitrogens with zero attached hydrogens (tertiary/aromatic N) is 1. The molecular formula is C17H23NO3. The number of fused-ring (bicyclic) bond motifs is 1. The summed E-state index contributed by atoms with van der Waals surface area (Å²) < 4.78 is 5.67. The van der Waals surface area contributed by atoms with Gasteiger partial charge in [-0.15, -0.1) is 0 Å². The molecule has 4 heteroatoms. The average molecular weight is 289 g/mol. The molecule has 0 unspecified atom stereocenters. The zero-order valence-electron chi connectivity index (χ0n) is 12.5. The lowest BCUT2D eigenvalue weighted by atomic mass is 9.98. The van der Waals surface area contributed by atoms with Crippen molar-refractivity contribution >= 4 is 11.8 Å². The van der Waals surface area contributed by atoms with Crippen molar-refractivity contribution in [3.63, 3.8) is 0 Å². The van der Waals surface area contributed by atoms with Crippen molar-refractivity contribution in [2.45, 2.75) is 70.3 Å². The van der Waals surface area contributed by atoms with Crippen LogP contribution >= 0.6 is 0 Å². The molecule has 0 amide bonds. The molecule has 0 heterocycles. The van der Waals surface area contributed by atoms with Gasteiger partial charge in [-0.2, -0.15) is 5.26 Å². The minimum Gasteiger partial charge on any atom is -0.461 e. The maximum Gasteiger partial charge on any atom is 0.327 e. The van der Waals surface area contributed by atoms with E-state index in [4.69, 9.17) is 4.74 Å². The summed E-state index contributed by atoms with van der Waals surface area (Å²) in [5, 5.41) is 9.50. The number of carbonyl (C=O) groups excluding carboxylic acids is 2. The molecule has 0 saturated heterocycles. The summed E-state index contributed by atoms with van der Waals surface area (Å²) >= 11 is 0. The molecule has 3 fully saturated rings. The summed E-state index contributed by atoms with van der Waals surface area (Å²) in [4.78, 5) is 24.5. The lowest BCUT2D eigenvalue weighted by Crippen LogP contribution is -2.28. The highest BCUT2D eigenvalue weighted by Crippen LogP contribution is 2.64. The van der Waals surface area contributed by atoms with Crippen LogP contribution in [0.25, 0.3) is 0 Å². The number of carbonyl (C=O) groups is 2. The molecule has 0 radical (unpaired) electrons. The van der Waals surface area contributed by atoms with E-state index in [1.54, 1.807) is 0 Å². The van der Waals surface area contributed by atoms with Crippen LogP contribution in [0.2, 0.25) is 0 Å². The number of hydrogen-bond acceptors (Lipinski definition) is 4. The van der Waals surface area contributed by atoms with Crippen molar-refractivity contribution in [3.8, 4) is 6.07 Å². The molecule has 0 spiro atoms. The van der Waals surface area contributed by atoms with Gasteiger partial charge in [-0.05, 0) is 38.5 Å². The van der Waals surface area contributed by atoms with Gasteiger partial charge in [0.25, 0.3) is 0 Å². The average Bonchev–Trinajstić information content (AvgIpc) is 3.12. The zero-order chi connectivity index (χ0) is 14.9. The molecule has 0 bridgehead atoms. The Bertz CT molecular complexity index is 473. The van der Waals surface area contributed by atoms with Crippen molar-refractivity contribution in [2.24, 2.45) is 17.3 Å². The molecule has 114 valence electrons. The highest BCUT2D eigenvalue weighted by atomic mass is 16.5.